The predicted molar refractivity (Wildman–Crippen MR) is 78.4 cm³/mol. The molecule has 2 aromatic rings. The number of Topliss-reactive ketones (excluding diaryl/α,β-unsaturated/α-hetero) is 1. The third-order valence-corrected chi connectivity index (χ3v) is 4.59. The highest BCUT2D eigenvalue weighted by Gasteiger charge is 2.20. The molecule has 0 aromatic carbocycles. The van der Waals surface area contributed by atoms with Gasteiger partial charge in [-0.15, -0.1) is 11.3 Å². The van der Waals surface area contributed by atoms with Gasteiger partial charge in [-0.25, -0.2) is 0 Å². The molecule has 0 saturated carbocycles. The zero-order valence-electron chi connectivity index (χ0n) is 10.3. The van der Waals surface area contributed by atoms with E-state index in [2.05, 4.69) is 15.9 Å². The van der Waals surface area contributed by atoms with E-state index in [0.717, 1.165) is 10.8 Å². The van der Waals surface area contributed by atoms with Gasteiger partial charge in [0, 0.05) is 5.56 Å². The zero-order valence-corrected chi connectivity index (χ0v) is 12.7. The summed E-state index contributed by atoms with van der Waals surface area (Å²) in [4.78, 5) is 34.9. The van der Waals surface area contributed by atoms with Gasteiger partial charge in [-0.2, -0.15) is 0 Å². The van der Waals surface area contributed by atoms with Crippen LogP contribution in [0.5, 0.6) is 0 Å². The Balaban J connectivity index is 2.45. The second kappa shape index (κ2) is 5.68. The molecule has 2 heterocycles. The molecular formula is C12H9BrN2O4S. The Hall–Kier alpha value is -1.80. The van der Waals surface area contributed by atoms with Crippen LogP contribution in [-0.4, -0.2) is 15.3 Å². The van der Waals surface area contributed by atoms with Crippen LogP contribution in [-0.2, 0) is 6.54 Å². The van der Waals surface area contributed by atoms with Crippen molar-refractivity contribution in [1.29, 1.82) is 0 Å². The highest BCUT2D eigenvalue weighted by molar-refractivity contribution is 9.10. The topological polar surface area (TPSA) is 82.2 Å². The van der Waals surface area contributed by atoms with Gasteiger partial charge in [0.25, 0.3) is 11.2 Å². The van der Waals surface area contributed by atoms with Gasteiger partial charge in [0.1, 0.15) is 0 Å². The van der Waals surface area contributed by atoms with Crippen LogP contribution in [0.1, 0.15) is 15.2 Å². The number of thiophene rings is 1. The zero-order chi connectivity index (χ0) is 14.9. The first-order valence-electron chi connectivity index (χ1n) is 5.52. The molecule has 0 N–H and O–H groups in total. The molecule has 0 radical (unpaired) electrons. The summed E-state index contributed by atoms with van der Waals surface area (Å²) in [5.74, 6) is -0.257. The number of aromatic nitrogens is 1. The van der Waals surface area contributed by atoms with Gasteiger partial charge in [0.2, 0.25) is 0 Å². The molecule has 0 atom stereocenters. The largest absolute Gasteiger partial charge is 0.300 e. The monoisotopic (exact) mass is 356 g/mol. The first-order valence-corrected chi connectivity index (χ1v) is 7.19. The third kappa shape index (κ3) is 2.70. The lowest BCUT2D eigenvalue weighted by Gasteiger charge is -2.07. The minimum Gasteiger partial charge on any atom is -0.300 e. The number of rotatable bonds is 4. The SMILES string of the molecule is Cc1c([N+](=O)[O-])cn(CC(=O)c2cccs2)c(=O)c1Br. The van der Waals surface area contributed by atoms with Crippen LogP contribution >= 0.6 is 27.3 Å². The Kier molecular flexibility index (Phi) is 4.15. The Morgan fingerprint density at radius 2 is 2.25 bits per heavy atom. The van der Waals surface area contributed by atoms with Gasteiger partial charge in [0.05, 0.1) is 27.0 Å². The Morgan fingerprint density at radius 3 is 2.80 bits per heavy atom. The van der Waals surface area contributed by atoms with Crippen molar-refractivity contribution in [3.8, 4) is 0 Å². The molecule has 8 heteroatoms. The number of hydrogen-bond donors (Lipinski definition) is 0. The van der Waals surface area contributed by atoms with Gasteiger partial charge in [0.15, 0.2) is 5.78 Å². The Bertz CT molecular complexity index is 737. The number of ketones is 1. The number of carbonyl (C=O) groups excluding carboxylic acids is 1. The van der Waals surface area contributed by atoms with E-state index in [1.54, 1.807) is 17.5 Å². The first-order chi connectivity index (χ1) is 9.41. The van der Waals surface area contributed by atoms with Crippen molar-refractivity contribution in [2.75, 3.05) is 0 Å². The van der Waals surface area contributed by atoms with E-state index in [9.17, 15) is 19.7 Å². The van der Waals surface area contributed by atoms with Gasteiger partial charge in [-0.3, -0.25) is 24.3 Å². The summed E-state index contributed by atoms with van der Waals surface area (Å²) in [6.07, 6.45) is 1.11. The molecule has 0 aliphatic rings. The fraction of sp³-hybridized carbons (Fsp3) is 0.167. The first kappa shape index (κ1) is 14.6. The number of hydrogen-bond acceptors (Lipinski definition) is 5. The lowest BCUT2D eigenvalue weighted by atomic mass is 10.2. The molecule has 2 rings (SSSR count). The number of carbonyl (C=O) groups is 1. The minimum absolute atomic E-state index is 0.102. The van der Waals surface area contributed by atoms with E-state index in [1.165, 1.54) is 18.3 Å². The Morgan fingerprint density at radius 1 is 1.55 bits per heavy atom. The number of nitro groups is 1. The maximum Gasteiger partial charge on any atom is 0.289 e. The average Bonchev–Trinajstić information content (AvgIpc) is 2.93. The molecule has 0 fully saturated rings. The highest BCUT2D eigenvalue weighted by Crippen LogP contribution is 2.22. The molecule has 0 amide bonds. The summed E-state index contributed by atoms with van der Waals surface area (Å²) < 4.78 is 1.16. The van der Waals surface area contributed by atoms with Crippen LogP contribution in [0.25, 0.3) is 0 Å². The van der Waals surface area contributed by atoms with Crippen LogP contribution in [0, 0.1) is 17.0 Å². The number of pyridine rings is 1. The summed E-state index contributed by atoms with van der Waals surface area (Å²) >= 11 is 4.30. The van der Waals surface area contributed by atoms with Crippen LogP contribution in [0.3, 0.4) is 0 Å². The quantitative estimate of drug-likeness (QED) is 0.479. The molecule has 0 unspecified atom stereocenters. The molecule has 0 spiro atoms. The van der Waals surface area contributed by atoms with Crippen LogP contribution in [0.4, 0.5) is 5.69 Å². The van der Waals surface area contributed by atoms with Crippen LogP contribution in [0.15, 0.2) is 33.0 Å². The second-order valence-electron chi connectivity index (χ2n) is 4.04. The number of nitrogens with zero attached hydrogens (tertiary/aromatic N) is 2. The molecule has 0 aliphatic heterocycles. The van der Waals surface area contributed by atoms with Crippen molar-refractivity contribution < 1.29 is 9.72 Å². The summed E-state index contributed by atoms with van der Waals surface area (Å²) in [6.45, 7) is 1.26. The molecular weight excluding hydrogens is 348 g/mol. The Labute approximate surface area is 125 Å². The lowest BCUT2D eigenvalue weighted by molar-refractivity contribution is -0.386. The fourth-order valence-corrected chi connectivity index (χ4v) is 2.76. The van der Waals surface area contributed by atoms with Crippen molar-refractivity contribution >= 4 is 38.7 Å². The van der Waals surface area contributed by atoms with E-state index in [1.807, 2.05) is 0 Å². The second-order valence-corrected chi connectivity index (χ2v) is 5.78. The molecule has 0 saturated heterocycles. The maximum absolute atomic E-state index is 12.0. The smallest absolute Gasteiger partial charge is 0.289 e. The molecule has 20 heavy (non-hydrogen) atoms. The standard InChI is InChI=1S/C12H9BrN2O4S/c1-7-8(15(18)19)5-14(12(17)11(7)13)6-9(16)10-3-2-4-20-10/h2-5H,6H2,1H3. The molecule has 0 aliphatic carbocycles. The van der Waals surface area contributed by atoms with Gasteiger partial charge >= 0.3 is 0 Å². The molecule has 6 nitrogen and oxygen atoms in total. The molecule has 2 aromatic heterocycles. The average molecular weight is 357 g/mol. The van der Waals surface area contributed by atoms with Crippen molar-refractivity contribution in [1.82, 2.24) is 4.57 Å². The van der Waals surface area contributed by atoms with Gasteiger partial charge in [-0.1, -0.05) is 6.07 Å². The van der Waals surface area contributed by atoms with Crippen molar-refractivity contribution in [3.05, 3.63) is 59.1 Å². The van der Waals surface area contributed by atoms with E-state index < -0.39 is 10.5 Å². The van der Waals surface area contributed by atoms with Gasteiger partial charge < -0.3 is 0 Å². The minimum atomic E-state index is -0.578. The lowest BCUT2D eigenvalue weighted by Crippen LogP contribution is -2.25. The van der Waals surface area contributed by atoms with Crippen molar-refractivity contribution in [2.45, 2.75) is 13.5 Å². The summed E-state index contributed by atoms with van der Waals surface area (Å²) in [5.41, 5.74) is -0.409. The third-order valence-electron chi connectivity index (χ3n) is 2.75. The van der Waals surface area contributed by atoms with E-state index in [0.29, 0.717) is 4.88 Å². The highest BCUT2D eigenvalue weighted by atomic mass is 79.9. The summed E-state index contributed by atoms with van der Waals surface area (Å²) in [5, 5.41) is 12.7. The summed E-state index contributed by atoms with van der Waals surface area (Å²) in [7, 11) is 0. The van der Waals surface area contributed by atoms with E-state index in [4.69, 9.17) is 0 Å². The predicted octanol–water partition coefficient (Wildman–Crippen LogP) is 2.77. The van der Waals surface area contributed by atoms with Crippen molar-refractivity contribution in [3.63, 3.8) is 0 Å². The molecule has 104 valence electrons. The molecule has 0 bridgehead atoms. The fourth-order valence-electron chi connectivity index (χ4n) is 1.67. The van der Waals surface area contributed by atoms with Crippen LogP contribution in [0.2, 0.25) is 0 Å². The van der Waals surface area contributed by atoms with E-state index in [-0.39, 0.29) is 28.1 Å². The van der Waals surface area contributed by atoms with Crippen molar-refractivity contribution in [2.24, 2.45) is 0 Å². The maximum atomic E-state index is 12.0. The van der Waals surface area contributed by atoms with Crippen LogP contribution < -0.4 is 5.56 Å². The number of halogens is 1. The van der Waals surface area contributed by atoms with E-state index >= 15 is 0 Å². The summed E-state index contributed by atoms with van der Waals surface area (Å²) in [6, 6.07) is 3.38. The van der Waals surface area contributed by atoms with Gasteiger partial charge in [-0.05, 0) is 34.3 Å². The normalized spacial score (nSPS) is 10.5.